The number of hydrogen-bond donors (Lipinski definition) is 1. The fraction of sp³-hybridized carbons (Fsp3) is 0.385. The van der Waals surface area contributed by atoms with Crippen molar-refractivity contribution in [1.29, 1.82) is 0 Å². The van der Waals surface area contributed by atoms with Gasteiger partial charge in [0.25, 0.3) is 0 Å². The predicted molar refractivity (Wildman–Crippen MR) is 75.3 cm³/mol. The number of aromatic nitrogens is 2. The zero-order valence-corrected chi connectivity index (χ0v) is 11.2. The molecule has 2 aromatic rings. The molecule has 1 atom stereocenters. The van der Waals surface area contributed by atoms with Crippen molar-refractivity contribution in [3.8, 4) is 0 Å². The minimum atomic E-state index is 0.470. The third-order valence-electron chi connectivity index (χ3n) is 3.16. The maximum absolute atomic E-state index is 4.35. The number of anilines is 2. The first-order valence-corrected chi connectivity index (χ1v) is 6.95. The Morgan fingerprint density at radius 1 is 1.33 bits per heavy atom. The second-order valence-corrected chi connectivity index (χ2v) is 5.31. The average Bonchev–Trinajstić information content (AvgIpc) is 3.01. The van der Waals surface area contributed by atoms with E-state index in [4.69, 9.17) is 0 Å². The molecule has 0 spiro atoms. The highest BCUT2D eigenvalue weighted by atomic mass is 32.1. The largest absolute Gasteiger partial charge is 0.369 e. The molecule has 94 valence electrons. The Kier molecular flexibility index (Phi) is 3.15. The molecular formula is C13H16N4S. The van der Waals surface area contributed by atoms with Gasteiger partial charge in [-0.25, -0.2) is 4.98 Å². The van der Waals surface area contributed by atoms with Crippen molar-refractivity contribution in [2.75, 3.05) is 23.3 Å². The van der Waals surface area contributed by atoms with Gasteiger partial charge in [-0.05, 0) is 25.5 Å². The van der Waals surface area contributed by atoms with Crippen molar-refractivity contribution in [2.45, 2.75) is 19.4 Å². The third kappa shape index (κ3) is 2.46. The molecule has 0 radical (unpaired) electrons. The van der Waals surface area contributed by atoms with E-state index < -0.39 is 0 Å². The fourth-order valence-corrected chi connectivity index (χ4v) is 2.93. The summed E-state index contributed by atoms with van der Waals surface area (Å²) in [5.41, 5.74) is 1.30. The molecule has 0 aliphatic carbocycles. The van der Waals surface area contributed by atoms with Crippen LogP contribution >= 0.6 is 11.5 Å². The zero-order valence-electron chi connectivity index (χ0n) is 10.3. The molecule has 0 bridgehead atoms. The predicted octanol–water partition coefficient (Wildman–Crippen LogP) is 2.54. The quantitative estimate of drug-likeness (QED) is 0.920. The summed E-state index contributed by atoms with van der Waals surface area (Å²) in [4.78, 5) is 6.76. The first-order valence-electron chi connectivity index (χ1n) is 6.18. The first kappa shape index (κ1) is 11.5. The number of nitrogens with one attached hydrogen (secondary N) is 1. The van der Waals surface area contributed by atoms with Gasteiger partial charge in [0.1, 0.15) is 5.82 Å². The Hall–Kier alpha value is -1.62. The van der Waals surface area contributed by atoms with Gasteiger partial charge in [0, 0.05) is 36.4 Å². The van der Waals surface area contributed by atoms with Crippen LogP contribution in [0.25, 0.3) is 0 Å². The van der Waals surface area contributed by atoms with Crippen molar-refractivity contribution in [3.63, 3.8) is 0 Å². The molecule has 1 unspecified atom stereocenters. The number of para-hydroxylation sites is 1. The van der Waals surface area contributed by atoms with Crippen LogP contribution < -0.4 is 10.2 Å². The van der Waals surface area contributed by atoms with E-state index in [1.165, 1.54) is 17.2 Å². The molecule has 1 aromatic heterocycles. The van der Waals surface area contributed by atoms with Gasteiger partial charge in [0.05, 0.1) is 0 Å². The maximum atomic E-state index is 4.35. The summed E-state index contributed by atoms with van der Waals surface area (Å²) < 4.78 is 4.19. The van der Waals surface area contributed by atoms with Crippen molar-refractivity contribution in [3.05, 3.63) is 36.2 Å². The van der Waals surface area contributed by atoms with Gasteiger partial charge in [-0.1, -0.05) is 18.2 Å². The van der Waals surface area contributed by atoms with Gasteiger partial charge in [0.2, 0.25) is 5.13 Å². The Balaban J connectivity index is 1.62. The molecule has 0 amide bonds. The topological polar surface area (TPSA) is 41.1 Å². The summed E-state index contributed by atoms with van der Waals surface area (Å²) in [6, 6.07) is 11.0. The van der Waals surface area contributed by atoms with Gasteiger partial charge in [0.15, 0.2) is 0 Å². The Morgan fingerprint density at radius 2 is 2.17 bits per heavy atom. The molecule has 1 fully saturated rings. The van der Waals surface area contributed by atoms with Gasteiger partial charge in [-0.3, -0.25) is 0 Å². The number of rotatable bonds is 3. The second-order valence-electron chi connectivity index (χ2n) is 4.56. The summed E-state index contributed by atoms with van der Waals surface area (Å²) in [7, 11) is 0. The minimum Gasteiger partial charge on any atom is -0.369 e. The van der Waals surface area contributed by atoms with Crippen LogP contribution in [0.2, 0.25) is 0 Å². The lowest BCUT2D eigenvalue weighted by Crippen LogP contribution is -2.25. The van der Waals surface area contributed by atoms with Crippen LogP contribution in [-0.2, 0) is 0 Å². The van der Waals surface area contributed by atoms with Gasteiger partial charge in [-0.2, -0.15) is 4.37 Å². The Morgan fingerprint density at radius 3 is 2.89 bits per heavy atom. The third-order valence-corrected chi connectivity index (χ3v) is 3.90. The van der Waals surface area contributed by atoms with Gasteiger partial charge >= 0.3 is 0 Å². The van der Waals surface area contributed by atoms with Crippen molar-refractivity contribution in [2.24, 2.45) is 0 Å². The smallest absolute Gasteiger partial charge is 0.202 e. The highest BCUT2D eigenvalue weighted by molar-refractivity contribution is 7.09. The normalized spacial score (nSPS) is 19.2. The standard InChI is InChI=1S/C13H16N4S/c1-10-14-13(18-16-10)15-11-7-8-17(9-11)12-5-3-2-4-6-12/h2-6,11H,7-9H2,1H3,(H,14,15,16). The number of benzene rings is 1. The van der Waals surface area contributed by atoms with E-state index in [1.54, 1.807) is 0 Å². The van der Waals surface area contributed by atoms with E-state index in [1.807, 2.05) is 6.92 Å². The summed E-state index contributed by atoms with van der Waals surface area (Å²) >= 11 is 1.44. The summed E-state index contributed by atoms with van der Waals surface area (Å²) in [5, 5.41) is 4.40. The van der Waals surface area contributed by atoms with Crippen molar-refractivity contribution in [1.82, 2.24) is 9.36 Å². The maximum Gasteiger partial charge on any atom is 0.202 e. The van der Waals surface area contributed by atoms with E-state index in [0.717, 1.165) is 30.5 Å². The van der Waals surface area contributed by atoms with E-state index in [0.29, 0.717) is 6.04 Å². The molecule has 18 heavy (non-hydrogen) atoms. The van der Waals surface area contributed by atoms with Crippen LogP contribution in [0.3, 0.4) is 0 Å². The molecule has 1 aromatic carbocycles. The van der Waals surface area contributed by atoms with Crippen LogP contribution in [0.15, 0.2) is 30.3 Å². The van der Waals surface area contributed by atoms with Crippen LogP contribution in [0.5, 0.6) is 0 Å². The van der Waals surface area contributed by atoms with E-state index >= 15 is 0 Å². The van der Waals surface area contributed by atoms with Crippen LogP contribution in [-0.4, -0.2) is 28.5 Å². The fourth-order valence-electron chi connectivity index (χ4n) is 2.28. The molecule has 4 nitrogen and oxygen atoms in total. The summed E-state index contributed by atoms with van der Waals surface area (Å²) in [5.74, 6) is 0.848. The van der Waals surface area contributed by atoms with Crippen molar-refractivity contribution >= 4 is 22.4 Å². The molecule has 5 heteroatoms. The molecule has 3 rings (SSSR count). The number of hydrogen-bond acceptors (Lipinski definition) is 5. The minimum absolute atomic E-state index is 0.470. The summed E-state index contributed by atoms with van der Waals surface area (Å²) in [6.45, 7) is 4.05. The molecule has 1 aliphatic heterocycles. The molecule has 1 N–H and O–H groups in total. The van der Waals surface area contributed by atoms with E-state index in [-0.39, 0.29) is 0 Å². The SMILES string of the molecule is Cc1nsc(NC2CCN(c3ccccc3)C2)n1. The number of nitrogens with zero attached hydrogens (tertiary/aromatic N) is 3. The lowest BCUT2D eigenvalue weighted by Gasteiger charge is -2.18. The lowest BCUT2D eigenvalue weighted by atomic mass is 10.3. The molecule has 0 saturated carbocycles. The Bertz CT molecular complexity index is 511. The monoisotopic (exact) mass is 260 g/mol. The van der Waals surface area contributed by atoms with Crippen LogP contribution in [0.4, 0.5) is 10.8 Å². The summed E-state index contributed by atoms with van der Waals surface area (Å²) in [6.07, 6.45) is 1.15. The van der Waals surface area contributed by atoms with E-state index in [9.17, 15) is 0 Å². The number of aryl methyl sites for hydroxylation is 1. The molecular weight excluding hydrogens is 244 g/mol. The highest BCUT2D eigenvalue weighted by Crippen LogP contribution is 2.22. The van der Waals surface area contributed by atoms with Crippen LogP contribution in [0.1, 0.15) is 12.2 Å². The van der Waals surface area contributed by atoms with E-state index in [2.05, 4.69) is 49.9 Å². The average molecular weight is 260 g/mol. The Labute approximate surface area is 111 Å². The van der Waals surface area contributed by atoms with Gasteiger partial charge < -0.3 is 10.2 Å². The molecule has 1 saturated heterocycles. The van der Waals surface area contributed by atoms with Gasteiger partial charge in [-0.15, -0.1) is 0 Å². The highest BCUT2D eigenvalue weighted by Gasteiger charge is 2.23. The zero-order chi connectivity index (χ0) is 12.4. The first-order chi connectivity index (χ1) is 8.81. The second kappa shape index (κ2) is 4.94. The molecule has 1 aliphatic rings. The lowest BCUT2D eigenvalue weighted by molar-refractivity contribution is 0.804. The molecule has 2 heterocycles. The van der Waals surface area contributed by atoms with Crippen LogP contribution in [0, 0.1) is 6.92 Å². The van der Waals surface area contributed by atoms with Crippen molar-refractivity contribution < 1.29 is 0 Å².